The molecule has 0 unspecified atom stereocenters. The number of nitrogens with zero attached hydrogens (tertiary/aromatic N) is 2. The van der Waals surface area contributed by atoms with Crippen molar-refractivity contribution in [2.24, 2.45) is 0 Å². The second-order valence-electron chi connectivity index (χ2n) is 3.34. The summed E-state index contributed by atoms with van der Waals surface area (Å²) in [7, 11) is 0. The van der Waals surface area contributed by atoms with E-state index in [2.05, 4.69) is 20.9 Å². The number of fused-ring (bicyclic) bond motifs is 1. The zero-order valence-electron chi connectivity index (χ0n) is 8.08. The molecule has 0 saturated heterocycles. The minimum absolute atomic E-state index is 0.417. The van der Waals surface area contributed by atoms with Crippen LogP contribution in [0, 0.1) is 18.3 Å². The highest BCUT2D eigenvalue weighted by molar-refractivity contribution is 9.10. The van der Waals surface area contributed by atoms with Crippen molar-refractivity contribution in [1.82, 2.24) is 4.98 Å². The van der Waals surface area contributed by atoms with E-state index in [-0.39, 0.29) is 0 Å². The molecule has 0 bridgehead atoms. The molecule has 0 fully saturated rings. The maximum absolute atomic E-state index is 8.83. The molecule has 0 aliphatic heterocycles. The third-order valence-corrected chi connectivity index (χ3v) is 2.84. The predicted octanol–water partition coefficient (Wildman–Crippen LogP) is 2.76. The molecule has 15 heavy (non-hydrogen) atoms. The van der Waals surface area contributed by atoms with E-state index in [0.29, 0.717) is 11.3 Å². The largest absolute Gasteiger partial charge is 0.397 e. The number of nitriles is 1. The molecule has 1 aromatic carbocycles. The normalized spacial score (nSPS) is 10.2. The van der Waals surface area contributed by atoms with Crippen LogP contribution in [0.3, 0.4) is 0 Å². The van der Waals surface area contributed by atoms with Gasteiger partial charge in [0.1, 0.15) is 6.07 Å². The van der Waals surface area contributed by atoms with Gasteiger partial charge in [0.2, 0.25) is 0 Å². The van der Waals surface area contributed by atoms with Crippen molar-refractivity contribution in [1.29, 1.82) is 5.26 Å². The van der Waals surface area contributed by atoms with Crippen LogP contribution in [0.25, 0.3) is 10.9 Å². The number of nitrogens with two attached hydrogens (primary N) is 1. The zero-order chi connectivity index (χ0) is 11.0. The number of hydrogen-bond donors (Lipinski definition) is 1. The van der Waals surface area contributed by atoms with Gasteiger partial charge in [-0.05, 0) is 40.5 Å². The van der Waals surface area contributed by atoms with Crippen molar-refractivity contribution < 1.29 is 0 Å². The average molecular weight is 262 g/mol. The van der Waals surface area contributed by atoms with Gasteiger partial charge >= 0.3 is 0 Å². The first-order valence-corrected chi connectivity index (χ1v) is 5.17. The average Bonchev–Trinajstić information content (AvgIpc) is 2.19. The molecule has 0 aliphatic carbocycles. The number of nitrogen functional groups attached to an aromatic ring is 1. The van der Waals surface area contributed by atoms with Crippen LogP contribution in [0.15, 0.2) is 22.8 Å². The molecule has 0 spiro atoms. The van der Waals surface area contributed by atoms with E-state index in [9.17, 15) is 0 Å². The third-order valence-electron chi connectivity index (χ3n) is 2.23. The maximum Gasteiger partial charge on any atom is 0.103 e. The van der Waals surface area contributed by atoms with Crippen LogP contribution in [0.4, 0.5) is 5.69 Å². The van der Waals surface area contributed by atoms with E-state index in [1.54, 1.807) is 0 Å². The van der Waals surface area contributed by atoms with Gasteiger partial charge in [0.15, 0.2) is 0 Å². The lowest BCUT2D eigenvalue weighted by molar-refractivity contribution is 1.35. The van der Waals surface area contributed by atoms with Crippen molar-refractivity contribution in [2.45, 2.75) is 6.92 Å². The lowest BCUT2D eigenvalue weighted by Gasteiger charge is -2.06. The molecular weight excluding hydrogens is 254 g/mol. The van der Waals surface area contributed by atoms with Crippen LogP contribution in [0.2, 0.25) is 0 Å². The van der Waals surface area contributed by atoms with Crippen LogP contribution in [-0.2, 0) is 0 Å². The fraction of sp³-hybridized carbons (Fsp3) is 0.0909. The predicted molar refractivity (Wildman–Crippen MR) is 63.3 cm³/mol. The Morgan fingerprint density at radius 2 is 2.20 bits per heavy atom. The Hall–Kier alpha value is -1.60. The first-order chi connectivity index (χ1) is 7.13. The molecule has 0 saturated carbocycles. The van der Waals surface area contributed by atoms with E-state index in [1.807, 2.05) is 25.1 Å². The van der Waals surface area contributed by atoms with Crippen molar-refractivity contribution in [3.05, 3.63) is 33.9 Å². The van der Waals surface area contributed by atoms with Gasteiger partial charge in [-0.2, -0.15) is 5.26 Å². The van der Waals surface area contributed by atoms with Crippen LogP contribution in [0.5, 0.6) is 0 Å². The molecule has 0 radical (unpaired) electrons. The Balaban J connectivity index is 2.94. The monoisotopic (exact) mass is 261 g/mol. The minimum atomic E-state index is 0.417. The fourth-order valence-corrected chi connectivity index (χ4v) is 2.18. The summed E-state index contributed by atoms with van der Waals surface area (Å²) in [5.74, 6) is 0. The number of pyridine rings is 1. The third kappa shape index (κ3) is 1.55. The smallest absolute Gasteiger partial charge is 0.103 e. The molecule has 0 atom stereocenters. The molecule has 2 aromatic rings. The van der Waals surface area contributed by atoms with Crippen LogP contribution in [-0.4, -0.2) is 4.98 Å². The fourth-order valence-electron chi connectivity index (χ4n) is 1.50. The summed E-state index contributed by atoms with van der Waals surface area (Å²) in [6.07, 6.45) is 1.50. The summed E-state index contributed by atoms with van der Waals surface area (Å²) >= 11 is 3.43. The van der Waals surface area contributed by atoms with Crippen LogP contribution >= 0.6 is 15.9 Å². The van der Waals surface area contributed by atoms with Crippen molar-refractivity contribution in [3.8, 4) is 6.07 Å². The highest BCUT2D eigenvalue weighted by atomic mass is 79.9. The van der Waals surface area contributed by atoms with E-state index in [0.717, 1.165) is 20.9 Å². The lowest BCUT2D eigenvalue weighted by Crippen LogP contribution is -1.95. The quantitative estimate of drug-likeness (QED) is 0.793. The summed E-state index contributed by atoms with van der Waals surface area (Å²) < 4.78 is 0.897. The lowest BCUT2D eigenvalue weighted by atomic mass is 10.1. The van der Waals surface area contributed by atoms with Crippen molar-refractivity contribution in [3.63, 3.8) is 0 Å². The number of aryl methyl sites for hydroxylation is 1. The topological polar surface area (TPSA) is 62.7 Å². The Labute approximate surface area is 95.7 Å². The van der Waals surface area contributed by atoms with Gasteiger partial charge in [-0.25, -0.2) is 0 Å². The second kappa shape index (κ2) is 3.52. The number of hydrogen-bond acceptors (Lipinski definition) is 3. The summed E-state index contributed by atoms with van der Waals surface area (Å²) in [6.45, 7) is 1.97. The zero-order valence-corrected chi connectivity index (χ0v) is 9.67. The summed E-state index contributed by atoms with van der Waals surface area (Å²) in [5.41, 5.74) is 8.66. The minimum Gasteiger partial charge on any atom is -0.397 e. The molecule has 4 heteroatoms. The second-order valence-corrected chi connectivity index (χ2v) is 4.19. The Kier molecular flexibility index (Phi) is 2.33. The van der Waals surface area contributed by atoms with Gasteiger partial charge in [0.05, 0.1) is 16.8 Å². The molecule has 1 aromatic heterocycles. The van der Waals surface area contributed by atoms with Gasteiger partial charge in [0.25, 0.3) is 0 Å². The number of rotatable bonds is 0. The number of benzene rings is 1. The van der Waals surface area contributed by atoms with Gasteiger partial charge < -0.3 is 5.73 Å². The van der Waals surface area contributed by atoms with Gasteiger partial charge in [-0.1, -0.05) is 0 Å². The molecule has 74 valence electrons. The summed E-state index contributed by atoms with van der Waals surface area (Å²) in [4.78, 5) is 4.20. The molecule has 0 amide bonds. The van der Waals surface area contributed by atoms with Crippen LogP contribution < -0.4 is 5.73 Å². The molecule has 0 aliphatic rings. The van der Waals surface area contributed by atoms with E-state index >= 15 is 0 Å². The standard InChI is InChI=1S/C11H8BrN3/c1-6-2-8-10(14)7(4-13)5-15-11(8)9(12)3-6/h2-3,5H,1H3,(H2,14,15). The molecular formula is C11H8BrN3. The Morgan fingerprint density at radius 3 is 2.87 bits per heavy atom. The summed E-state index contributed by atoms with van der Waals surface area (Å²) in [6, 6.07) is 5.93. The first kappa shape index (κ1) is 9.94. The molecule has 2 N–H and O–H groups in total. The van der Waals surface area contributed by atoms with Crippen molar-refractivity contribution >= 4 is 32.5 Å². The van der Waals surface area contributed by atoms with Crippen molar-refractivity contribution in [2.75, 3.05) is 5.73 Å². The number of aromatic nitrogens is 1. The molecule has 3 nitrogen and oxygen atoms in total. The Morgan fingerprint density at radius 1 is 1.47 bits per heavy atom. The Bertz CT molecular complexity index is 584. The highest BCUT2D eigenvalue weighted by Crippen LogP contribution is 2.29. The number of halogens is 1. The summed E-state index contributed by atoms with van der Waals surface area (Å²) in [5, 5.41) is 9.66. The first-order valence-electron chi connectivity index (χ1n) is 4.38. The van der Waals surface area contributed by atoms with Crippen LogP contribution in [0.1, 0.15) is 11.1 Å². The maximum atomic E-state index is 8.83. The van der Waals surface area contributed by atoms with E-state index in [1.165, 1.54) is 6.20 Å². The van der Waals surface area contributed by atoms with E-state index < -0.39 is 0 Å². The van der Waals surface area contributed by atoms with Gasteiger partial charge in [0, 0.05) is 16.1 Å². The van der Waals surface area contributed by atoms with Gasteiger partial charge in [-0.3, -0.25) is 4.98 Å². The molecule has 2 rings (SSSR count). The molecule has 1 heterocycles. The highest BCUT2D eigenvalue weighted by Gasteiger charge is 2.08. The van der Waals surface area contributed by atoms with E-state index in [4.69, 9.17) is 11.0 Å². The SMILES string of the molecule is Cc1cc(Br)c2ncc(C#N)c(N)c2c1. The van der Waals surface area contributed by atoms with Gasteiger partial charge in [-0.15, -0.1) is 0 Å². The number of anilines is 1.